The van der Waals surface area contributed by atoms with Crippen molar-refractivity contribution in [3.8, 4) is 0 Å². The fraction of sp³-hybridized carbons (Fsp3) is 0.588. The van der Waals surface area contributed by atoms with Crippen LogP contribution in [0.5, 0.6) is 0 Å². The number of amides is 2. The van der Waals surface area contributed by atoms with Gasteiger partial charge in [0.1, 0.15) is 0 Å². The minimum atomic E-state index is -0.117. The molecule has 2 amide bonds. The van der Waals surface area contributed by atoms with E-state index in [1.165, 1.54) is 12.8 Å². The lowest BCUT2D eigenvalue weighted by molar-refractivity contribution is 0.206. The van der Waals surface area contributed by atoms with E-state index in [9.17, 15) is 9.90 Å². The minimum Gasteiger partial charge on any atom is -0.392 e. The van der Waals surface area contributed by atoms with Gasteiger partial charge in [-0.3, -0.25) is 0 Å². The van der Waals surface area contributed by atoms with Gasteiger partial charge in [0.25, 0.3) is 0 Å². The van der Waals surface area contributed by atoms with E-state index < -0.39 is 0 Å². The second-order valence-corrected chi connectivity index (χ2v) is 6.26. The number of benzene rings is 1. The molecule has 1 aromatic carbocycles. The van der Waals surface area contributed by atoms with Crippen LogP contribution in [0.2, 0.25) is 0 Å². The first kappa shape index (κ1) is 15.8. The lowest BCUT2D eigenvalue weighted by atomic mass is 9.80. The highest BCUT2D eigenvalue weighted by molar-refractivity contribution is 5.74. The van der Waals surface area contributed by atoms with E-state index >= 15 is 0 Å². The summed E-state index contributed by atoms with van der Waals surface area (Å²) in [6, 6.07) is 7.76. The van der Waals surface area contributed by atoms with E-state index in [0.29, 0.717) is 12.5 Å². The number of aliphatic hydroxyl groups is 1. The van der Waals surface area contributed by atoms with Crippen LogP contribution in [0, 0.1) is 11.8 Å². The van der Waals surface area contributed by atoms with Crippen molar-refractivity contribution in [3.63, 3.8) is 0 Å². The SMILES string of the molecule is CC1CCC(NC(=O)NCc2ccccc2CO)C(C)C1. The molecule has 0 heterocycles. The standard InChI is InChI=1S/C17H26N2O2/c1-12-7-8-16(13(2)9-12)19-17(21)18-10-14-5-3-4-6-15(14)11-20/h3-6,12-13,16,20H,7-11H2,1-2H3,(H2,18,19,21). The van der Waals surface area contributed by atoms with Gasteiger partial charge in [0.2, 0.25) is 0 Å². The summed E-state index contributed by atoms with van der Waals surface area (Å²) < 4.78 is 0. The van der Waals surface area contributed by atoms with Crippen LogP contribution >= 0.6 is 0 Å². The van der Waals surface area contributed by atoms with Crippen LogP contribution in [-0.2, 0) is 13.2 Å². The van der Waals surface area contributed by atoms with Crippen LogP contribution in [0.1, 0.15) is 44.2 Å². The molecule has 1 saturated carbocycles. The Balaban J connectivity index is 1.82. The Morgan fingerprint density at radius 2 is 1.95 bits per heavy atom. The van der Waals surface area contributed by atoms with Gasteiger partial charge >= 0.3 is 6.03 Å². The van der Waals surface area contributed by atoms with Crippen molar-refractivity contribution < 1.29 is 9.90 Å². The first-order chi connectivity index (χ1) is 10.1. The lowest BCUT2D eigenvalue weighted by Crippen LogP contribution is -2.46. The molecule has 4 heteroatoms. The van der Waals surface area contributed by atoms with Crippen molar-refractivity contribution in [3.05, 3.63) is 35.4 Å². The van der Waals surface area contributed by atoms with Gasteiger partial charge in [-0.25, -0.2) is 4.79 Å². The maximum atomic E-state index is 12.0. The number of rotatable bonds is 4. The Labute approximate surface area is 126 Å². The average Bonchev–Trinajstić information content (AvgIpc) is 2.48. The second-order valence-electron chi connectivity index (χ2n) is 6.26. The molecule has 1 aromatic rings. The molecule has 1 aliphatic carbocycles. The van der Waals surface area contributed by atoms with Crippen LogP contribution in [0.25, 0.3) is 0 Å². The molecule has 0 aromatic heterocycles. The molecule has 2 rings (SSSR count). The molecule has 1 fully saturated rings. The van der Waals surface area contributed by atoms with E-state index in [2.05, 4.69) is 24.5 Å². The molecule has 0 aliphatic heterocycles. The van der Waals surface area contributed by atoms with Crippen molar-refractivity contribution in [1.82, 2.24) is 10.6 Å². The van der Waals surface area contributed by atoms with Gasteiger partial charge in [-0.05, 0) is 42.2 Å². The Bertz CT molecular complexity index is 476. The van der Waals surface area contributed by atoms with Crippen LogP contribution in [0.15, 0.2) is 24.3 Å². The molecule has 1 aliphatic rings. The maximum absolute atomic E-state index is 12.0. The summed E-state index contributed by atoms with van der Waals surface area (Å²) in [5.41, 5.74) is 1.82. The van der Waals surface area contributed by atoms with Gasteiger partial charge in [-0.2, -0.15) is 0 Å². The summed E-state index contributed by atoms with van der Waals surface area (Å²) in [6.07, 6.45) is 3.42. The molecule has 116 valence electrons. The molecule has 3 atom stereocenters. The summed E-state index contributed by atoms with van der Waals surface area (Å²) in [5.74, 6) is 1.29. The number of hydrogen-bond donors (Lipinski definition) is 3. The molecule has 3 unspecified atom stereocenters. The number of aliphatic hydroxyl groups excluding tert-OH is 1. The van der Waals surface area contributed by atoms with Crippen molar-refractivity contribution in [2.75, 3.05) is 0 Å². The number of carbonyl (C=O) groups excluding carboxylic acids is 1. The largest absolute Gasteiger partial charge is 0.392 e. The third-order valence-electron chi connectivity index (χ3n) is 4.48. The number of urea groups is 1. The third-order valence-corrected chi connectivity index (χ3v) is 4.48. The van der Waals surface area contributed by atoms with Crippen LogP contribution in [0.3, 0.4) is 0 Å². The van der Waals surface area contributed by atoms with Gasteiger partial charge in [-0.1, -0.05) is 38.1 Å². The van der Waals surface area contributed by atoms with Crippen LogP contribution in [0.4, 0.5) is 4.79 Å². The highest BCUT2D eigenvalue weighted by Gasteiger charge is 2.26. The molecule has 4 nitrogen and oxygen atoms in total. The van der Waals surface area contributed by atoms with Gasteiger partial charge in [0.05, 0.1) is 6.61 Å². The third kappa shape index (κ3) is 4.46. The van der Waals surface area contributed by atoms with E-state index in [4.69, 9.17) is 0 Å². The van der Waals surface area contributed by atoms with Crippen LogP contribution < -0.4 is 10.6 Å². The normalized spacial score (nSPS) is 25.4. The summed E-state index contributed by atoms with van der Waals surface area (Å²) >= 11 is 0. The summed E-state index contributed by atoms with van der Waals surface area (Å²) in [5, 5.41) is 15.3. The fourth-order valence-corrected chi connectivity index (χ4v) is 3.16. The summed E-state index contributed by atoms with van der Waals surface area (Å²) in [7, 11) is 0. The van der Waals surface area contributed by atoms with Crippen molar-refractivity contribution in [2.45, 2.75) is 52.3 Å². The minimum absolute atomic E-state index is 0.00296. The summed E-state index contributed by atoms with van der Waals surface area (Å²) in [6.45, 7) is 4.93. The Morgan fingerprint density at radius 1 is 1.24 bits per heavy atom. The molecule has 0 spiro atoms. The fourth-order valence-electron chi connectivity index (χ4n) is 3.16. The number of hydrogen-bond acceptors (Lipinski definition) is 2. The van der Waals surface area contributed by atoms with Crippen molar-refractivity contribution in [2.24, 2.45) is 11.8 Å². The zero-order valence-corrected chi connectivity index (χ0v) is 12.9. The molecule has 21 heavy (non-hydrogen) atoms. The van der Waals surface area contributed by atoms with Crippen molar-refractivity contribution >= 4 is 6.03 Å². The predicted molar refractivity (Wildman–Crippen MR) is 83.7 cm³/mol. The smallest absolute Gasteiger partial charge is 0.315 e. The average molecular weight is 290 g/mol. The Kier molecular flexibility index (Phi) is 5.62. The Hall–Kier alpha value is -1.55. The molecule has 0 bridgehead atoms. The Morgan fingerprint density at radius 3 is 2.62 bits per heavy atom. The van der Waals surface area contributed by atoms with Gasteiger partial charge in [0, 0.05) is 12.6 Å². The molecular weight excluding hydrogens is 264 g/mol. The molecule has 0 radical (unpaired) electrons. The van der Waals surface area contributed by atoms with E-state index in [1.807, 2.05) is 24.3 Å². The number of carbonyl (C=O) groups is 1. The lowest BCUT2D eigenvalue weighted by Gasteiger charge is -2.33. The summed E-state index contributed by atoms with van der Waals surface area (Å²) in [4.78, 5) is 12.0. The van der Waals surface area contributed by atoms with Gasteiger partial charge < -0.3 is 15.7 Å². The zero-order valence-electron chi connectivity index (χ0n) is 12.9. The maximum Gasteiger partial charge on any atom is 0.315 e. The monoisotopic (exact) mass is 290 g/mol. The van der Waals surface area contributed by atoms with E-state index in [1.54, 1.807) is 0 Å². The second kappa shape index (κ2) is 7.46. The molecule has 3 N–H and O–H groups in total. The van der Waals surface area contributed by atoms with Crippen LogP contribution in [-0.4, -0.2) is 17.2 Å². The highest BCUT2D eigenvalue weighted by Crippen LogP contribution is 2.28. The predicted octanol–water partition coefficient (Wildman–Crippen LogP) is 2.80. The quantitative estimate of drug-likeness (QED) is 0.798. The first-order valence-corrected chi connectivity index (χ1v) is 7.82. The molecule has 0 saturated heterocycles. The zero-order chi connectivity index (χ0) is 15.2. The first-order valence-electron chi connectivity index (χ1n) is 7.82. The number of nitrogens with one attached hydrogen (secondary N) is 2. The molecular formula is C17H26N2O2. The topological polar surface area (TPSA) is 61.4 Å². The highest BCUT2D eigenvalue weighted by atomic mass is 16.3. The van der Waals surface area contributed by atoms with Gasteiger partial charge in [-0.15, -0.1) is 0 Å². The van der Waals surface area contributed by atoms with E-state index in [-0.39, 0.29) is 18.7 Å². The van der Waals surface area contributed by atoms with Gasteiger partial charge in [0.15, 0.2) is 0 Å². The van der Waals surface area contributed by atoms with E-state index in [0.717, 1.165) is 23.5 Å². The van der Waals surface area contributed by atoms with Crippen molar-refractivity contribution in [1.29, 1.82) is 0 Å².